The summed E-state index contributed by atoms with van der Waals surface area (Å²) in [6, 6.07) is 8.42. The molecule has 104 valence electrons. The molecule has 0 saturated heterocycles. The van der Waals surface area contributed by atoms with E-state index in [2.05, 4.69) is 5.32 Å². The molecule has 0 unspecified atom stereocenters. The van der Waals surface area contributed by atoms with Crippen LogP contribution in [0.1, 0.15) is 16.8 Å². The van der Waals surface area contributed by atoms with Crippen LogP contribution in [0.4, 0.5) is 0 Å². The van der Waals surface area contributed by atoms with Crippen molar-refractivity contribution in [3.05, 3.63) is 35.9 Å². The minimum absolute atomic E-state index is 0.0753. The molecule has 0 saturated carbocycles. The van der Waals surface area contributed by atoms with Crippen molar-refractivity contribution in [3.8, 4) is 0 Å². The van der Waals surface area contributed by atoms with E-state index >= 15 is 0 Å². The highest BCUT2D eigenvalue weighted by molar-refractivity contribution is 5.94. The smallest absolute Gasteiger partial charge is 0.305 e. The summed E-state index contributed by atoms with van der Waals surface area (Å²) in [4.78, 5) is 22.9. The van der Waals surface area contributed by atoms with Gasteiger partial charge in [-0.15, -0.1) is 0 Å². The number of carbonyl (C=O) groups excluding carboxylic acids is 1. The highest BCUT2D eigenvalue weighted by Crippen LogP contribution is 2.04. The molecule has 0 radical (unpaired) electrons. The number of aliphatic carboxylic acids is 1. The van der Waals surface area contributed by atoms with Gasteiger partial charge < -0.3 is 14.9 Å². The summed E-state index contributed by atoms with van der Waals surface area (Å²) < 4.78 is 0.590. The van der Waals surface area contributed by atoms with Crippen molar-refractivity contribution in [2.45, 2.75) is 12.5 Å². The van der Waals surface area contributed by atoms with Crippen molar-refractivity contribution in [2.24, 2.45) is 0 Å². The Balaban J connectivity index is 2.72. The van der Waals surface area contributed by atoms with E-state index in [4.69, 9.17) is 5.11 Å². The van der Waals surface area contributed by atoms with Crippen LogP contribution in [0.2, 0.25) is 0 Å². The Kier molecular flexibility index (Phi) is 5.06. The standard InChI is InChI=1S/C14H20N2O3/c1-16(2,3)10-12(9-13(17)18)15-14(19)11-7-5-4-6-8-11/h4-8,12H,9-10H2,1-3H3,(H-,15,17,18,19)/p+1/t12-/m1/s1. The number of hydrogen-bond donors (Lipinski definition) is 2. The largest absolute Gasteiger partial charge is 0.481 e. The first-order valence-electron chi connectivity index (χ1n) is 6.16. The van der Waals surface area contributed by atoms with E-state index in [1.54, 1.807) is 24.3 Å². The average Bonchev–Trinajstić information content (AvgIpc) is 2.26. The summed E-state index contributed by atoms with van der Waals surface area (Å²) in [5, 5.41) is 11.7. The molecule has 0 heterocycles. The average molecular weight is 265 g/mol. The fourth-order valence-corrected chi connectivity index (χ4v) is 1.89. The molecule has 0 aliphatic rings. The van der Waals surface area contributed by atoms with Crippen molar-refractivity contribution in [2.75, 3.05) is 27.7 Å². The Hall–Kier alpha value is -1.88. The van der Waals surface area contributed by atoms with E-state index in [1.807, 2.05) is 27.2 Å². The van der Waals surface area contributed by atoms with Crippen LogP contribution in [0.15, 0.2) is 30.3 Å². The molecular formula is C14H21N2O3+. The number of carboxylic acid groups (broad SMARTS) is 1. The molecule has 2 N–H and O–H groups in total. The monoisotopic (exact) mass is 265 g/mol. The Morgan fingerprint density at radius 3 is 2.26 bits per heavy atom. The van der Waals surface area contributed by atoms with Crippen LogP contribution < -0.4 is 5.32 Å². The number of benzene rings is 1. The van der Waals surface area contributed by atoms with Crippen molar-refractivity contribution in [1.82, 2.24) is 5.32 Å². The molecule has 1 aromatic rings. The SMILES string of the molecule is C[N+](C)(C)C[C@@H](CC(=O)O)NC(=O)c1ccccc1. The quantitative estimate of drug-likeness (QED) is 0.753. The van der Waals surface area contributed by atoms with E-state index in [0.717, 1.165) is 0 Å². The third-order valence-corrected chi connectivity index (χ3v) is 2.56. The van der Waals surface area contributed by atoms with Crippen molar-refractivity contribution >= 4 is 11.9 Å². The Morgan fingerprint density at radius 1 is 1.21 bits per heavy atom. The van der Waals surface area contributed by atoms with Gasteiger partial charge in [-0.05, 0) is 12.1 Å². The maximum Gasteiger partial charge on any atom is 0.305 e. The van der Waals surface area contributed by atoms with Gasteiger partial charge >= 0.3 is 5.97 Å². The van der Waals surface area contributed by atoms with Gasteiger partial charge in [0.25, 0.3) is 5.91 Å². The lowest BCUT2D eigenvalue weighted by atomic mass is 10.1. The van der Waals surface area contributed by atoms with Crippen LogP contribution in [0.3, 0.4) is 0 Å². The first-order chi connectivity index (χ1) is 8.78. The maximum atomic E-state index is 12.0. The van der Waals surface area contributed by atoms with Crippen LogP contribution in [0, 0.1) is 0 Å². The normalized spacial score (nSPS) is 12.8. The minimum atomic E-state index is -0.910. The number of nitrogens with one attached hydrogen (secondary N) is 1. The van der Waals surface area contributed by atoms with Gasteiger partial charge in [0.15, 0.2) is 0 Å². The lowest BCUT2D eigenvalue weighted by Crippen LogP contribution is -2.49. The second-order valence-electron chi connectivity index (χ2n) is 5.61. The minimum Gasteiger partial charge on any atom is -0.481 e. The van der Waals surface area contributed by atoms with Gasteiger partial charge in [0.2, 0.25) is 0 Å². The van der Waals surface area contributed by atoms with Gasteiger partial charge in [-0.3, -0.25) is 9.59 Å². The molecule has 19 heavy (non-hydrogen) atoms. The summed E-state index contributed by atoms with van der Waals surface area (Å²) >= 11 is 0. The van der Waals surface area contributed by atoms with E-state index in [0.29, 0.717) is 16.6 Å². The number of hydrogen-bond acceptors (Lipinski definition) is 2. The molecule has 1 amide bonds. The van der Waals surface area contributed by atoms with Crippen LogP contribution in [0.25, 0.3) is 0 Å². The number of carbonyl (C=O) groups is 2. The number of nitrogens with zero attached hydrogens (tertiary/aromatic N) is 1. The van der Waals surface area contributed by atoms with Crippen molar-refractivity contribution < 1.29 is 19.2 Å². The van der Waals surface area contributed by atoms with Crippen molar-refractivity contribution in [3.63, 3.8) is 0 Å². The van der Waals surface area contributed by atoms with Gasteiger partial charge in [0.1, 0.15) is 0 Å². The van der Waals surface area contributed by atoms with Crippen molar-refractivity contribution in [1.29, 1.82) is 0 Å². The molecule has 1 rings (SSSR count). The number of quaternary nitrogens is 1. The fourth-order valence-electron chi connectivity index (χ4n) is 1.89. The third kappa shape index (κ3) is 6.01. The molecule has 1 aromatic carbocycles. The van der Waals surface area contributed by atoms with E-state index in [1.165, 1.54) is 0 Å². The Bertz CT molecular complexity index is 438. The molecule has 0 aromatic heterocycles. The second kappa shape index (κ2) is 6.33. The van der Waals surface area contributed by atoms with Crippen LogP contribution in [0.5, 0.6) is 0 Å². The predicted octanol–water partition coefficient (Wildman–Crippen LogP) is 0.966. The Labute approximate surface area is 113 Å². The summed E-state index contributed by atoms with van der Waals surface area (Å²) in [7, 11) is 5.89. The first kappa shape index (κ1) is 15.2. The summed E-state index contributed by atoms with van der Waals surface area (Å²) in [5.74, 6) is -1.15. The lowest BCUT2D eigenvalue weighted by molar-refractivity contribution is -0.871. The topological polar surface area (TPSA) is 66.4 Å². The van der Waals surface area contributed by atoms with Gasteiger partial charge in [-0.2, -0.15) is 0 Å². The van der Waals surface area contributed by atoms with Gasteiger partial charge in [0.05, 0.1) is 40.2 Å². The maximum absolute atomic E-state index is 12.0. The van der Waals surface area contributed by atoms with Crippen LogP contribution >= 0.6 is 0 Å². The molecule has 5 heteroatoms. The second-order valence-corrected chi connectivity index (χ2v) is 5.61. The van der Waals surface area contributed by atoms with Gasteiger partial charge in [-0.1, -0.05) is 18.2 Å². The predicted molar refractivity (Wildman–Crippen MR) is 72.8 cm³/mol. The highest BCUT2D eigenvalue weighted by Gasteiger charge is 2.23. The molecule has 0 spiro atoms. The van der Waals surface area contributed by atoms with Crippen LogP contribution in [-0.4, -0.2) is 55.2 Å². The number of likely N-dealkylation sites (N-methyl/N-ethyl adjacent to an activating group) is 1. The zero-order valence-corrected chi connectivity index (χ0v) is 11.6. The number of amides is 1. The van der Waals surface area contributed by atoms with E-state index in [-0.39, 0.29) is 18.4 Å². The zero-order valence-electron chi connectivity index (χ0n) is 11.6. The first-order valence-corrected chi connectivity index (χ1v) is 6.16. The van der Waals surface area contributed by atoms with Gasteiger partial charge in [-0.25, -0.2) is 0 Å². The van der Waals surface area contributed by atoms with E-state index < -0.39 is 5.97 Å². The van der Waals surface area contributed by atoms with Gasteiger partial charge in [0, 0.05) is 5.56 Å². The fraction of sp³-hybridized carbons (Fsp3) is 0.429. The molecule has 1 atom stereocenters. The molecule has 0 bridgehead atoms. The molecular weight excluding hydrogens is 244 g/mol. The number of rotatable bonds is 6. The summed E-state index contributed by atoms with van der Waals surface area (Å²) in [5.41, 5.74) is 0.541. The Morgan fingerprint density at radius 2 is 1.79 bits per heavy atom. The number of carboxylic acids is 1. The van der Waals surface area contributed by atoms with Crippen LogP contribution in [-0.2, 0) is 4.79 Å². The third-order valence-electron chi connectivity index (χ3n) is 2.56. The molecule has 0 fully saturated rings. The van der Waals surface area contributed by atoms with E-state index in [9.17, 15) is 9.59 Å². The molecule has 5 nitrogen and oxygen atoms in total. The lowest BCUT2D eigenvalue weighted by Gasteiger charge is -2.29. The molecule has 0 aliphatic heterocycles. The highest BCUT2D eigenvalue weighted by atomic mass is 16.4. The summed E-state index contributed by atoms with van der Waals surface area (Å²) in [6.45, 7) is 0.560. The zero-order chi connectivity index (χ0) is 14.5. The summed E-state index contributed by atoms with van der Waals surface area (Å²) in [6.07, 6.45) is -0.0753. The molecule has 0 aliphatic carbocycles.